The van der Waals surface area contributed by atoms with E-state index in [2.05, 4.69) is 5.32 Å². The van der Waals surface area contributed by atoms with Gasteiger partial charge in [-0.25, -0.2) is 12.7 Å². The molecule has 1 N–H and O–H groups in total. The second kappa shape index (κ2) is 5.02. The summed E-state index contributed by atoms with van der Waals surface area (Å²) in [5.41, 5.74) is 0. The Morgan fingerprint density at radius 1 is 1.25 bits per heavy atom. The molecule has 0 aromatic rings. The molecule has 2 saturated carbocycles. The Morgan fingerprint density at radius 3 is 2.44 bits per heavy atom. The molecule has 2 fully saturated rings. The van der Waals surface area contributed by atoms with Gasteiger partial charge in [0.15, 0.2) is 0 Å². The Morgan fingerprint density at radius 2 is 1.94 bits per heavy atom. The predicted molar refractivity (Wildman–Crippen MR) is 64.8 cm³/mol. The van der Waals surface area contributed by atoms with Crippen molar-refractivity contribution in [2.75, 3.05) is 25.9 Å². The highest BCUT2D eigenvalue weighted by molar-refractivity contribution is 7.89. The zero-order valence-corrected chi connectivity index (χ0v) is 10.8. The van der Waals surface area contributed by atoms with Crippen LogP contribution in [0.2, 0.25) is 0 Å². The summed E-state index contributed by atoms with van der Waals surface area (Å²) in [5, 5.41) is 3.24. The van der Waals surface area contributed by atoms with Gasteiger partial charge in [-0.3, -0.25) is 0 Å². The van der Waals surface area contributed by atoms with Crippen LogP contribution in [-0.4, -0.2) is 44.7 Å². The van der Waals surface area contributed by atoms with Crippen LogP contribution >= 0.6 is 0 Å². The molecule has 4 nitrogen and oxygen atoms in total. The summed E-state index contributed by atoms with van der Waals surface area (Å²) in [6, 6.07) is 0.590. The summed E-state index contributed by atoms with van der Waals surface area (Å²) >= 11 is 0. The average molecular weight is 246 g/mol. The first-order valence-corrected chi connectivity index (χ1v) is 7.86. The number of nitrogens with zero attached hydrogens (tertiary/aromatic N) is 1. The standard InChI is InChI=1S/C11H22N2O2S/c1-13(9-10-3-2-4-10)16(14,15)8-7-12-11-5-6-11/h10-12H,2-9H2,1H3. The minimum absolute atomic E-state index is 0.243. The third-order valence-corrected chi connectivity index (χ3v) is 5.40. The number of hydrogen-bond acceptors (Lipinski definition) is 3. The van der Waals surface area contributed by atoms with Crippen molar-refractivity contribution >= 4 is 10.0 Å². The second-order valence-corrected chi connectivity index (χ2v) is 7.32. The molecule has 2 aliphatic carbocycles. The van der Waals surface area contributed by atoms with Crippen molar-refractivity contribution in [3.05, 3.63) is 0 Å². The maximum atomic E-state index is 11.9. The molecule has 0 unspecified atom stereocenters. The van der Waals surface area contributed by atoms with E-state index in [9.17, 15) is 8.42 Å². The Bertz CT molecular complexity index is 321. The second-order valence-electron chi connectivity index (χ2n) is 5.12. The lowest BCUT2D eigenvalue weighted by atomic mass is 9.86. The Labute approximate surface area is 98.4 Å². The van der Waals surface area contributed by atoms with Gasteiger partial charge in [-0.05, 0) is 31.6 Å². The van der Waals surface area contributed by atoms with E-state index in [1.165, 1.54) is 32.1 Å². The first kappa shape index (κ1) is 12.3. The molecule has 94 valence electrons. The van der Waals surface area contributed by atoms with Crippen LogP contribution in [-0.2, 0) is 10.0 Å². The number of rotatable bonds is 7. The van der Waals surface area contributed by atoms with E-state index in [0.29, 0.717) is 25.0 Å². The molecule has 0 aliphatic heterocycles. The highest BCUT2D eigenvalue weighted by atomic mass is 32.2. The molecule has 0 bridgehead atoms. The molecule has 0 heterocycles. The van der Waals surface area contributed by atoms with Gasteiger partial charge in [0.1, 0.15) is 0 Å². The largest absolute Gasteiger partial charge is 0.313 e. The van der Waals surface area contributed by atoms with Gasteiger partial charge in [0.05, 0.1) is 5.75 Å². The lowest BCUT2D eigenvalue weighted by Gasteiger charge is -2.29. The topological polar surface area (TPSA) is 49.4 Å². The van der Waals surface area contributed by atoms with Crippen molar-refractivity contribution in [3.8, 4) is 0 Å². The van der Waals surface area contributed by atoms with E-state index in [1.807, 2.05) is 0 Å². The van der Waals surface area contributed by atoms with Crippen LogP contribution in [0.15, 0.2) is 0 Å². The van der Waals surface area contributed by atoms with Crippen LogP contribution < -0.4 is 5.32 Å². The van der Waals surface area contributed by atoms with E-state index in [1.54, 1.807) is 11.4 Å². The van der Waals surface area contributed by atoms with Crippen LogP contribution in [0, 0.1) is 5.92 Å². The van der Waals surface area contributed by atoms with Gasteiger partial charge in [0, 0.05) is 26.2 Å². The first-order valence-electron chi connectivity index (χ1n) is 6.25. The fourth-order valence-corrected chi connectivity index (χ4v) is 3.11. The predicted octanol–water partition coefficient (Wildman–Crippen LogP) is 0.800. The molecule has 16 heavy (non-hydrogen) atoms. The minimum atomic E-state index is -3.03. The smallest absolute Gasteiger partial charge is 0.215 e. The van der Waals surface area contributed by atoms with Crippen LogP contribution in [0.3, 0.4) is 0 Å². The van der Waals surface area contributed by atoms with Crippen LogP contribution in [0.4, 0.5) is 0 Å². The number of nitrogens with one attached hydrogen (secondary N) is 1. The van der Waals surface area contributed by atoms with Gasteiger partial charge in [0.2, 0.25) is 10.0 Å². The molecular weight excluding hydrogens is 224 g/mol. The van der Waals surface area contributed by atoms with Gasteiger partial charge < -0.3 is 5.32 Å². The van der Waals surface area contributed by atoms with Crippen LogP contribution in [0.1, 0.15) is 32.1 Å². The maximum Gasteiger partial charge on any atom is 0.215 e. The van der Waals surface area contributed by atoms with E-state index in [4.69, 9.17) is 0 Å². The minimum Gasteiger partial charge on any atom is -0.313 e. The summed E-state index contributed by atoms with van der Waals surface area (Å²) in [5.74, 6) is 0.850. The third-order valence-electron chi connectivity index (χ3n) is 3.59. The van der Waals surface area contributed by atoms with Gasteiger partial charge >= 0.3 is 0 Å². The molecule has 0 saturated heterocycles. The average Bonchev–Trinajstić information content (AvgIpc) is 2.94. The molecule has 0 atom stereocenters. The molecule has 0 spiro atoms. The highest BCUT2D eigenvalue weighted by Gasteiger charge is 2.26. The van der Waals surface area contributed by atoms with Crippen molar-refractivity contribution in [1.82, 2.24) is 9.62 Å². The summed E-state index contributed by atoms with van der Waals surface area (Å²) in [6.45, 7) is 1.31. The normalized spacial score (nSPS) is 22.4. The monoisotopic (exact) mass is 246 g/mol. The van der Waals surface area contributed by atoms with Crippen molar-refractivity contribution in [3.63, 3.8) is 0 Å². The van der Waals surface area contributed by atoms with Crippen LogP contribution in [0.25, 0.3) is 0 Å². The van der Waals surface area contributed by atoms with Gasteiger partial charge in [-0.1, -0.05) is 6.42 Å². The fraction of sp³-hybridized carbons (Fsp3) is 1.00. The summed E-state index contributed by atoms with van der Waals surface area (Å²) < 4.78 is 25.3. The third kappa shape index (κ3) is 3.43. The molecule has 2 rings (SSSR count). The summed E-state index contributed by atoms with van der Waals surface area (Å²) in [6.07, 6.45) is 6.07. The zero-order valence-electron chi connectivity index (χ0n) is 9.98. The quantitative estimate of drug-likeness (QED) is 0.723. The fourth-order valence-electron chi connectivity index (χ4n) is 1.99. The van der Waals surface area contributed by atoms with E-state index >= 15 is 0 Å². The summed E-state index contributed by atoms with van der Waals surface area (Å²) in [4.78, 5) is 0. The van der Waals surface area contributed by atoms with Crippen molar-refractivity contribution in [1.29, 1.82) is 0 Å². The van der Waals surface area contributed by atoms with E-state index in [0.717, 1.165) is 0 Å². The zero-order chi connectivity index (χ0) is 11.6. The molecule has 5 heteroatoms. The Balaban J connectivity index is 1.70. The van der Waals surface area contributed by atoms with Gasteiger partial charge in [0.25, 0.3) is 0 Å². The molecular formula is C11H22N2O2S. The number of hydrogen-bond donors (Lipinski definition) is 1. The summed E-state index contributed by atoms with van der Waals surface area (Å²) in [7, 11) is -1.32. The molecule has 0 amide bonds. The Hall–Kier alpha value is -0.130. The van der Waals surface area contributed by atoms with E-state index in [-0.39, 0.29) is 5.75 Å². The van der Waals surface area contributed by atoms with Crippen molar-refractivity contribution in [2.24, 2.45) is 5.92 Å². The number of sulfonamides is 1. The van der Waals surface area contributed by atoms with E-state index < -0.39 is 10.0 Å². The molecule has 0 radical (unpaired) electrons. The molecule has 0 aromatic carbocycles. The Kier molecular flexibility index (Phi) is 3.87. The SMILES string of the molecule is CN(CC1CCC1)S(=O)(=O)CCNC1CC1. The lowest BCUT2D eigenvalue weighted by Crippen LogP contribution is -2.38. The molecule has 2 aliphatic rings. The van der Waals surface area contributed by atoms with Gasteiger partial charge in [-0.2, -0.15) is 0 Å². The first-order chi connectivity index (χ1) is 7.58. The van der Waals surface area contributed by atoms with Crippen molar-refractivity contribution < 1.29 is 8.42 Å². The molecule has 0 aromatic heterocycles. The van der Waals surface area contributed by atoms with Crippen LogP contribution in [0.5, 0.6) is 0 Å². The maximum absolute atomic E-state index is 11.9. The van der Waals surface area contributed by atoms with Gasteiger partial charge in [-0.15, -0.1) is 0 Å². The lowest BCUT2D eigenvalue weighted by molar-refractivity contribution is 0.263. The van der Waals surface area contributed by atoms with Crippen molar-refractivity contribution in [2.45, 2.75) is 38.1 Å². The highest BCUT2D eigenvalue weighted by Crippen LogP contribution is 2.27.